The van der Waals surface area contributed by atoms with Gasteiger partial charge in [0.05, 0.1) is 25.0 Å². The minimum Gasteiger partial charge on any atom is -0.507 e. The lowest BCUT2D eigenvalue weighted by Crippen LogP contribution is -2.43. The number of amides is 1. The third kappa shape index (κ3) is 4.06. The highest BCUT2D eigenvalue weighted by molar-refractivity contribution is 7.89. The molecule has 1 aromatic rings. The van der Waals surface area contributed by atoms with Gasteiger partial charge >= 0.3 is 0 Å². The topological polar surface area (TPSA) is 95.9 Å². The first-order chi connectivity index (χ1) is 11.1. The van der Waals surface area contributed by atoms with Gasteiger partial charge in [-0.25, -0.2) is 12.7 Å². The number of hydrogen-bond acceptors (Lipinski definition) is 5. The zero-order valence-corrected chi connectivity index (χ0v) is 15.2. The molecule has 1 amide bonds. The number of hydrogen-bond donors (Lipinski definition) is 2. The van der Waals surface area contributed by atoms with Crippen molar-refractivity contribution in [2.75, 3.05) is 33.1 Å². The summed E-state index contributed by atoms with van der Waals surface area (Å²) in [4.78, 5) is 12.5. The van der Waals surface area contributed by atoms with E-state index in [9.17, 15) is 18.3 Å². The van der Waals surface area contributed by atoms with Crippen molar-refractivity contribution < 1.29 is 23.1 Å². The standard InChI is InChI=1S/C16H24N2O5S/c1-10-5-12(6-11(2)15(10)19)16(20)17-14-8-23-7-13(14)9-24(21,22)18(3)4/h5-6,13-14,19H,7-9H2,1-4H3,(H,17,20)/t13-,14+/m0/s1. The Morgan fingerprint density at radius 1 is 1.29 bits per heavy atom. The molecule has 0 aliphatic carbocycles. The van der Waals surface area contributed by atoms with Crippen LogP contribution in [-0.4, -0.2) is 62.8 Å². The van der Waals surface area contributed by atoms with Crippen LogP contribution in [0.15, 0.2) is 12.1 Å². The zero-order valence-electron chi connectivity index (χ0n) is 14.4. The van der Waals surface area contributed by atoms with Crippen LogP contribution in [0, 0.1) is 19.8 Å². The van der Waals surface area contributed by atoms with E-state index in [4.69, 9.17) is 4.74 Å². The summed E-state index contributed by atoms with van der Waals surface area (Å²) in [5, 5.41) is 12.6. The second-order valence-corrected chi connectivity index (χ2v) is 8.62. The van der Waals surface area contributed by atoms with E-state index in [1.165, 1.54) is 18.4 Å². The van der Waals surface area contributed by atoms with Crippen molar-refractivity contribution in [1.29, 1.82) is 0 Å². The summed E-state index contributed by atoms with van der Waals surface area (Å²) in [5.74, 6) is -0.492. The molecule has 8 heteroatoms. The molecule has 1 aliphatic heterocycles. The Hall–Kier alpha value is -1.64. The Labute approximate surface area is 142 Å². The summed E-state index contributed by atoms with van der Waals surface area (Å²) < 4.78 is 30.6. The van der Waals surface area contributed by atoms with Crippen LogP contribution in [-0.2, 0) is 14.8 Å². The van der Waals surface area contributed by atoms with E-state index in [0.717, 1.165) is 0 Å². The molecular weight excluding hydrogens is 332 g/mol. The Kier molecular flexibility index (Phi) is 5.52. The normalized spacial score (nSPS) is 21.2. The number of phenolic OH excluding ortho intramolecular Hbond substituents is 1. The number of carbonyl (C=O) groups excluding carboxylic acids is 1. The van der Waals surface area contributed by atoms with E-state index < -0.39 is 10.0 Å². The van der Waals surface area contributed by atoms with E-state index >= 15 is 0 Å². The van der Waals surface area contributed by atoms with Crippen LogP contribution in [0.3, 0.4) is 0 Å². The van der Waals surface area contributed by atoms with Crippen LogP contribution >= 0.6 is 0 Å². The summed E-state index contributed by atoms with van der Waals surface area (Å²) >= 11 is 0. The Bertz CT molecular complexity index is 707. The summed E-state index contributed by atoms with van der Waals surface area (Å²) in [6, 6.07) is 2.86. The van der Waals surface area contributed by atoms with Crippen LogP contribution in [0.5, 0.6) is 5.75 Å². The van der Waals surface area contributed by atoms with Gasteiger partial charge in [-0.3, -0.25) is 4.79 Å². The lowest BCUT2D eigenvalue weighted by molar-refractivity contribution is 0.0926. The number of nitrogens with one attached hydrogen (secondary N) is 1. The monoisotopic (exact) mass is 356 g/mol. The summed E-state index contributed by atoms with van der Waals surface area (Å²) in [7, 11) is -0.391. The number of rotatable bonds is 5. The van der Waals surface area contributed by atoms with Gasteiger partial charge in [0.2, 0.25) is 10.0 Å². The van der Waals surface area contributed by atoms with Gasteiger partial charge in [-0.15, -0.1) is 0 Å². The molecule has 0 bridgehead atoms. The molecule has 1 aromatic carbocycles. The quantitative estimate of drug-likeness (QED) is 0.807. The first-order valence-electron chi connectivity index (χ1n) is 7.71. The maximum Gasteiger partial charge on any atom is 0.251 e. The number of benzene rings is 1. The SMILES string of the molecule is Cc1cc(C(=O)N[C@@H]2COC[C@H]2CS(=O)(=O)N(C)C)cc(C)c1O. The molecule has 1 heterocycles. The predicted molar refractivity (Wildman–Crippen MR) is 90.6 cm³/mol. The predicted octanol–water partition coefficient (Wildman–Crippen LogP) is 0.645. The fourth-order valence-corrected chi connectivity index (χ4v) is 3.85. The van der Waals surface area contributed by atoms with Crippen molar-refractivity contribution in [3.8, 4) is 5.75 Å². The number of sulfonamides is 1. The number of ether oxygens (including phenoxy) is 1. The van der Waals surface area contributed by atoms with Gasteiger partial charge in [-0.2, -0.15) is 0 Å². The number of aryl methyl sites for hydroxylation is 2. The Morgan fingerprint density at radius 2 is 1.88 bits per heavy atom. The smallest absolute Gasteiger partial charge is 0.251 e. The molecule has 24 heavy (non-hydrogen) atoms. The third-order valence-corrected chi connectivity index (χ3v) is 6.21. The highest BCUT2D eigenvalue weighted by Gasteiger charge is 2.34. The van der Waals surface area contributed by atoms with Crippen LogP contribution in [0.4, 0.5) is 0 Å². The van der Waals surface area contributed by atoms with Gasteiger partial charge < -0.3 is 15.2 Å². The van der Waals surface area contributed by atoms with Crippen LogP contribution in [0.25, 0.3) is 0 Å². The first-order valence-corrected chi connectivity index (χ1v) is 9.31. The van der Waals surface area contributed by atoms with Gasteiger partial charge in [0.25, 0.3) is 5.91 Å². The maximum absolute atomic E-state index is 12.5. The lowest BCUT2D eigenvalue weighted by Gasteiger charge is -2.21. The van der Waals surface area contributed by atoms with E-state index in [0.29, 0.717) is 23.3 Å². The highest BCUT2D eigenvalue weighted by Crippen LogP contribution is 2.23. The zero-order chi connectivity index (χ0) is 18.1. The second-order valence-electron chi connectivity index (χ2n) is 6.40. The van der Waals surface area contributed by atoms with Crippen LogP contribution in [0.1, 0.15) is 21.5 Å². The molecule has 0 aromatic heterocycles. The molecule has 0 spiro atoms. The number of aromatic hydroxyl groups is 1. The molecule has 1 aliphatic rings. The summed E-state index contributed by atoms with van der Waals surface area (Å²) in [5.41, 5.74) is 1.67. The fourth-order valence-electron chi connectivity index (χ4n) is 2.68. The molecule has 1 saturated heterocycles. The Balaban J connectivity index is 2.11. The molecule has 0 radical (unpaired) electrons. The number of nitrogens with zero attached hydrogens (tertiary/aromatic N) is 1. The van der Waals surface area contributed by atoms with E-state index in [1.807, 2.05) is 0 Å². The van der Waals surface area contributed by atoms with Crippen LogP contribution < -0.4 is 5.32 Å². The molecule has 0 unspecified atom stereocenters. The van der Waals surface area contributed by atoms with Gasteiger partial charge in [0.1, 0.15) is 5.75 Å². The molecule has 2 rings (SSSR count). The average molecular weight is 356 g/mol. The molecule has 0 saturated carbocycles. The first kappa shape index (κ1) is 18.7. The minimum atomic E-state index is -3.37. The van der Waals surface area contributed by atoms with E-state index in [1.54, 1.807) is 26.0 Å². The molecule has 7 nitrogen and oxygen atoms in total. The maximum atomic E-state index is 12.5. The van der Waals surface area contributed by atoms with Gasteiger partial charge in [-0.05, 0) is 37.1 Å². The lowest BCUT2D eigenvalue weighted by atomic mass is 10.0. The minimum absolute atomic E-state index is 0.0709. The Morgan fingerprint density at radius 3 is 2.42 bits per heavy atom. The molecule has 134 valence electrons. The summed E-state index contributed by atoms with van der Waals surface area (Å²) in [6.07, 6.45) is 0. The van der Waals surface area contributed by atoms with Crippen molar-refractivity contribution in [3.05, 3.63) is 28.8 Å². The van der Waals surface area contributed by atoms with Crippen molar-refractivity contribution in [2.45, 2.75) is 19.9 Å². The number of carbonyl (C=O) groups is 1. The average Bonchev–Trinajstić information content (AvgIpc) is 2.90. The third-order valence-electron chi connectivity index (χ3n) is 4.25. The van der Waals surface area contributed by atoms with Gasteiger partial charge in [0, 0.05) is 25.6 Å². The number of phenols is 1. The van der Waals surface area contributed by atoms with E-state index in [-0.39, 0.29) is 36.0 Å². The van der Waals surface area contributed by atoms with Gasteiger partial charge in [0.15, 0.2) is 0 Å². The second kappa shape index (κ2) is 7.08. The van der Waals surface area contributed by atoms with Crippen molar-refractivity contribution in [1.82, 2.24) is 9.62 Å². The fraction of sp³-hybridized carbons (Fsp3) is 0.562. The molecule has 2 N–H and O–H groups in total. The summed E-state index contributed by atoms with van der Waals surface area (Å²) in [6.45, 7) is 4.04. The molecule has 1 fully saturated rings. The van der Waals surface area contributed by atoms with Crippen molar-refractivity contribution >= 4 is 15.9 Å². The van der Waals surface area contributed by atoms with Gasteiger partial charge in [-0.1, -0.05) is 0 Å². The van der Waals surface area contributed by atoms with Crippen molar-refractivity contribution in [3.63, 3.8) is 0 Å². The molecule has 2 atom stereocenters. The van der Waals surface area contributed by atoms with Crippen LogP contribution in [0.2, 0.25) is 0 Å². The highest BCUT2D eigenvalue weighted by atomic mass is 32.2. The molecular formula is C16H24N2O5S. The largest absolute Gasteiger partial charge is 0.507 e. The van der Waals surface area contributed by atoms with E-state index in [2.05, 4.69) is 5.32 Å². The van der Waals surface area contributed by atoms with Crippen molar-refractivity contribution in [2.24, 2.45) is 5.92 Å².